The van der Waals surface area contributed by atoms with E-state index in [0.717, 1.165) is 0 Å². The van der Waals surface area contributed by atoms with Crippen molar-refractivity contribution in [3.05, 3.63) is 10.0 Å². The van der Waals surface area contributed by atoms with Crippen LogP contribution in [0.2, 0.25) is 0 Å². The summed E-state index contributed by atoms with van der Waals surface area (Å²) < 4.78 is 61.4. The summed E-state index contributed by atoms with van der Waals surface area (Å²) in [6, 6.07) is 0. The van der Waals surface area contributed by atoms with Gasteiger partial charge in [0.15, 0.2) is 9.84 Å². The van der Waals surface area contributed by atoms with E-state index in [2.05, 4.69) is 10.2 Å². The summed E-state index contributed by atoms with van der Waals surface area (Å²) in [4.78, 5) is 12.3. The molecule has 0 bridgehead atoms. The van der Waals surface area contributed by atoms with Crippen LogP contribution in [0.1, 0.15) is 56.5 Å². The minimum absolute atomic E-state index is 0.0293. The third kappa shape index (κ3) is 5.25. The molecule has 1 fully saturated rings. The predicted molar refractivity (Wildman–Crippen MR) is 92.6 cm³/mol. The highest BCUT2D eigenvalue weighted by Crippen LogP contribution is 2.34. The van der Waals surface area contributed by atoms with E-state index in [1.54, 1.807) is 20.8 Å². The fourth-order valence-electron chi connectivity index (χ4n) is 2.94. The van der Waals surface area contributed by atoms with Crippen LogP contribution in [0, 0.1) is 11.8 Å². The third-order valence-corrected chi connectivity index (χ3v) is 8.47. The standard InChI is InChI=1S/C16H23F3N2O3S2/c1-15(2,3)26(23,24)9-10-4-6-11(7-5-10)12(22)8-13-20-21-14(25-13)16(17,18)19/h10-11H,4-9H2,1-3H3. The Labute approximate surface area is 155 Å². The van der Waals surface area contributed by atoms with Gasteiger partial charge < -0.3 is 0 Å². The summed E-state index contributed by atoms with van der Waals surface area (Å²) in [5.41, 5.74) is 0. The van der Waals surface area contributed by atoms with E-state index in [-0.39, 0.29) is 34.8 Å². The molecule has 0 amide bonds. The second-order valence-electron chi connectivity index (χ2n) is 7.75. The average molecular weight is 412 g/mol. The van der Waals surface area contributed by atoms with Crippen molar-refractivity contribution in [2.24, 2.45) is 11.8 Å². The maximum atomic E-state index is 12.5. The van der Waals surface area contributed by atoms with Gasteiger partial charge in [0.05, 0.1) is 16.9 Å². The van der Waals surface area contributed by atoms with E-state index >= 15 is 0 Å². The summed E-state index contributed by atoms with van der Waals surface area (Å²) in [6.07, 6.45) is -2.30. The first-order valence-corrected chi connectivity index (χ1v) is 10.9. The zero-order valence-electron chi connectivity index (χ0n) is 15.0. The number of aromatic nitrogens is 2. The highest BCUT2D eigenvalue weighted by Gasteiger charge is 2.37. The Hall–Kier alpha value is -1.03. The molecule has 5 nitrogen and oxygen atoms in total. The van der Waals surface area contributed by atoms with Crippen LogP contribution in [-0.4, -0.2) is 34.9 Å². The van der Waals surface area contributed by atoms with Gasteiger partial charge in [-0.2, -0.15) is 13.2 Å². The van der Waals surface area contributed by atoms with Crippen LogP contribution in [0.4, 0.5) is 13.2 Å². The van der Waals surface area contributed by atoms with E-state index in [4.69, 9.17) is 0 Å². The molecule has 1 aliphatic carbocycles. The zero-order valence-corrected chi connectivity index (χ0v) is 16.6. The fourth-order valence-corrected chi connectivity index (χ4v) is 5.11. The molecule has 1 aliphatic rings. The van der Waals surface area contributed by atoms with Crippen molar-refractivity contribution < 1.29 is 26.4 Å². The van der Waals surface area contributed by atoms with Crippen LogP contribution in [0.5, 0.6) is 0 Å². The topological polar surface area (TPSA) is 77.0 Å². The molecule has 0 atom stereocenters. The second-order valence-corrected chi connectivity index (χ2v) is 11.6. The number of rotatable bonds is 5. The normalized spacial score (nSPS) is 22.4. The van der Waals surface area contributed by atoms with Gasteiger partial charge in [-0.3, -0.25) is 4.79 Å². The third-order valence-electron chi connectivity index (χ3n) is 4.73. The number of nitrogens with zero attached hydrogens (tertiary/aromatic N) is 2. The van der Waals surface area contributed by atoms with Gasteiger partial charge in [0.1, 0.15) is 10.8 Å². The number of hydrogen-bond donors (Lipinski definition) is 0. The van der Waals surface area contributed by atoms with Gasteiger partial charge in [0, 0.05) is 5.92 Å². The summed E-state index contributed by atoms with van der Waals surface area (Å²) in [5.74, 6) is -0.251. The van der Waals surface area contributed by atoms with Crippen LogP contribution in [0.3, 0.4) is 0 Å². The fraction of sp³-hybridized carbons (Fsp3) is 0.812. The Kier molecular flexibility index (Phi) is 6.16. The maximum Gasteiger partial charge on any atom is 0.445 e. The number of carbonyl (C=O) groups excluding carboxylic acids is 1. The van der Waals surface area contributed by atoms with Crippen LogP contribution < -0.4 is 0 Å². The first-order valence-electron chi connectivity index (χ1n) is 8.44. The molecule has 0 saturated heterocycles. The molecule has 0 N–H and O–H groups in total. The summed E-state index contributed by atoms with van der Waals surface area (Å²) in [6.45, 7) is 5.03. The SMILES string of the molecule is CC(C)(C)S(=O)(=O)CC1CCC(C(=O)Cc2nnc(C(F)(F)F)s2)CC1. The van der Waals surface area contributed by atoms with Crippen molar-refractivity contribution in [2.75, 3.05) is 5.75 Å². The van der Waals surface area contributed by atoms with Crippen LogP contribution in [0.25, 0.3) is 0 Å². The van der Waals surface area contributed by atoms with Gasteiger partial charge >= 0.3 is 6.18 Å². The Morgan fingerprint density at radius 1 is 1.12 bits per heavy atom. The molecule has 148 valence electrons. The number of hydrogen-bond acceptors (Lipinski definition) is 6. The van der Waals surface area contributed by atoms with Crippen LogP contribution >= 0.6 is 11.3 Å². The highest BCUT2D eigenvalue weighted by atomic mass is 32.2. The number of alkyl halides is 3. The molecule has 1 saturated carbocycles. The molecule has 1 aromatic rings. The first-order chi connectivity index (χ1) is 11.8. The average Bonchev–Trinajstić information content (AvgIpc) is 2.95. The number of ketones is 1. The van der Waals surface area contributed by atoms with Crippen molar-refractivity contribution in [1.29, 1.82) is 0 Å². The van der Waals surface area contributed by atoms with E-state index in [9.17, 15) is 26.4 Å². The molecule has 0 unspecified atom stereocenters. The van der Waals surface area contributed by atoms with Gasteiger partial charge in [0.25, 0.3) is 0 Å². The van der Waals surface area contributed by atoms with Crippen molar-refractivity contribution in [2.45, 2.75) is 63.8 Å². The lowest BCUT2D eigenvalue weighted by molar-refractivity contribution is -0.138. The summed E-state index contributed by atoms with van der Waals surface area (Å²) >= 11 is 0.396. The second kappa shape index (κ2) is 7.53. The molecule has 0 aromatic carbocycles. The van der Waals surface area contributed by atoms with Gasteiger partial charge in [-0.15, -0.1) is 10.2 Å². The first kappa shape index (κ1) is 21.3. The van der Waals surface area contributed by atoms with Gasteiger partial charge in [-0.05, 0) is 52.4 Å². The molecule has 0 aliphatic heterocycles. The van der Waals surface area contributed by atoms with E-state index in [0.29, 0.717) is 37.0 Å². The summed E-state index contributed by atoms with van der Waals surface area (Å²) in [7, 11) is -3.20. The summed E-state index contributed by atoms with van der Waals surface area (Å²) in [5, 5.41) is 5.57. The zero-order chi connectivity index (χ0) is 19.8. The minimum Gasteiger partial charge on any atom is -0.299 e. The van der Waals surface area contributed by atoms with E-state index < -0.39 is 25.8 Å². The van der Waals surface area contributed by atoms with Crippen molar-refractivity contribution >= 4 is 27.0 Å². The predicted octanol–water partition coefficient (Wildman–Crippen LogP) is 3.69. The molecule has 0 radical (unpaired) electrons. The molecular weight excluding hydrogens is 389 g/mol. The van der Waals surface area contributed by atoms with Crippen LogP contribution in [-0.2, 0) is 27.2 Å². The number of Topliss-reactive ketones (excluding diaryl/α,β-unsaturated/α-hetero) is 1. The van der Waals surface area contributed by atoms with Crippen LogP contribution in [0.15, 0.2) is 0 Å². The Bertz CT molecular complexity index is 744. The van der Waals surface area contributed by atoms with Gasteiger partial charge in [0.2, 0.25) is 5.01 Å². The highest BCUT2D eigenvalue weighted by molar-refractivity contribution is 7.92. The van der Waals surface area contributed by atoms with E-state index in [1.165, 1.54) is 0 Å². The van der Waals surface area contributed by atoms with Crippen molar-refractivity contribution in [1.82, 2.24) is 10.2 Å². The molecule has 2 rings (SSSR count). The molecule has 1 aromatic heterocycles. The molecule has 10 heteroatoms. The number of halogens is 3. The largest absolute Gasteiger partial charge is 0.445 e. The lowest BCUT2D eigenvalue weighted by atomic mass is 9.80. The molecule has 0 spiro atoms. The Balaban J connectivity index is 1.88. The maximum absolute atomic E-state index is 12.5. The van der Waals surface area contributed by atoms with Gasteiger partial charge in [-0.25, -0.2) is 8.42 Å². The molecule has 1 heterocycles. The van der Waals surface area contributed by atoms with Crippen molar-refractivity contribution in [3.8, 4) is 0 Å². The molecular formula is C16H23F3N2O3S2. The molecule has 26 heavy (non-hydrogen) atoms. The van der Waals surface area contributed by atoms with E-state index in [1.807, 2.05) is 0 Å². The lowest BCUT2D eigenvalue weighted by Crippen LogP contribution is -2.35. The number of carbonyl (C=O) groups is 1. The monoisotopic (exact) mass is 412 g/mol. The number of sulfone groups is 1. The Morgan fingerprint density at radius 3 is 2.15 bits per heavy atom. The Morgan fingerprint density at radius 2 is 1.69 bits per heavy atom. The van der Waals surface area contributed by atoms with Crippen molar-refractivity contribution in [3.63, 3.8) is 0 Å². The van der Waals surface area contributed by atoms with Gasteiger partial charge in [-0.1, -0.05) is 11.3 Å². The lowest BCUT2D eigenvalue weighted by Gasteiger charge is -2.29. The minimum atomic E-state index is -4.55. The quantitative estimate of drug-likeness (QED) is 0.737. The smallest absolute Gasteiger partial charge is 0.299 e.